The van der Waals surface area contributed by atoms with Crippen LogP contribution in [0.1, 0.15) is 74.9 Å². The molecule has 0 saturated heterocycles. The van der Waals surface area contributed by atoms with Gasteiger partial charge in [-0.3, -0.25) is 0 Å². The molecule has 0 atom stereocenters. The van der Waals surface area contributed by atoms with Crippen LogP contribution >= 0.6 is 0 Å². The van der Waals surface area contributed by atoms with E-state index in [1.54, 1.807) is 0 Å². The molecule has 0 fully saturated rings. The predicted molar refractivity (Wildman–Crippen MR) is 275 cm³/mol. The van der Waals surface area contributed by atoms with Gasteiger partial charge in [0.25, 0.3) is 13.2 Å². The fourth-order valence-electron chi connectivity index (χ4n) is 7.85. The molecule has 3 aliphatic heterocycles. The van der Waals surface area contributed by atoms with Crippen LogP contribution in [-0.4, -0.2) is 89.1 Å². The van der Waals surface area contributed by atoms with Crippen molar-refractivity contribution in [3.63, 3.8) is 0 Å². The van der Waals surface area contributed by atoms with Gasteiger partial charge in [-0.2, -0.15) is 0 Å². The first kappa shape index (κ1) is 51.0. The summed E-state index contributed by atoms with van der Waals surface area (Å²) in [4.78, 5) is 4.51. The highest BCUT2D eigenvalue weighted by Gasteiger charge is 2.21. The number of fused-ring (bicyclic) bond motifs is 2. The maximum Gasteiger partial charge on any atom is 0.446 e. The van der Waals surface area contributed by atoms with E-state index in [2.05, 4.69) is 160 Å². The third kappa shape index (κ3) is 16.7. The van der Waals surface area contributed by atoms with Gasteiger partial charge in [0.1, 0.15) is 39.5 Å². The molecule has 0 radical (unpaired) electrons. The minimum atomic E-state index is 0.0986. The first-order valence-electron chi connectivity index (χ1n) is 24.5. The summed E-state index contributed by atoms with van der Waals surface area (Å²) in [5, 5.41) is 2.30. The molecule has 69 heavy (non-hydrogen) atoms. The van der Waals surface area contributed by atoms with Crippen LogP contribution < -0.4 is 25.6 Å². The van der Waals surface area contributed by atoms with Crippen LogP contribution in [0.2, 0.25) is 0 Å². The van der Waals surface area contributed by atoms with Gasteiger partial charge in [-0.05, 0) is 86.7 Å². The van der Waals surface area contributed by atoms with Crippen molar-refractivity contribution in [3.8, 4) is 11.5 Å². The molecular weight excluding hydrogens is 867 g/mol. The van der Waals surface area contributed by atoms with Gasteiger partial charge >= 0.3 is 10.9 Å². The Kier molecular flexibility index (Phi) is 19.0. The zero-order chi connectivity index (χ0) is 48.3. The van der Waals surface area contributed by atoms with E-state index in [-0.39, 0.29) is 10.8 Å². The topological polar surface area (TPSA) is 101 Å². The van der Waals surface area contributed by atoms with Gasteiger partial charge < -0.3 is 43.5 Å². The highest BCUT2D eigenvalue weighted by molar-refractivity contribution is 5.49. The quantitative estimate of drug-likeness (QED) is 0.140. The molecule has 366 valence electrons. The maximum absolute atomic E-state index is 6.20. The van der Waals surface area contributed by atoms with Crippen molar-refractivity contribution in [2.24, 2.45) is 0 Å². The van der Waals surface area contributed by atoms with Gasteiger partial charge in [-0.1, -0.05) is 96.1 Å². The van der Waals surface area contributed by atoms with Crippen LogP contribution in [0.25, 0.3) is 0 Å². The molecule has 0 spiro atoms. The van der Waals surface area contributed by atoms with Gasteiger partial charge in [0.15, 0.2) is 11.5 Å². The van der Waals surface area contributed by atoms with Crippen LogP contribution in [0.3, 0.4) is 0 Å². The van der Waals surface area contributed by atoms with Gasteiger partial charge in [0, 0.05) is 49.0 Å². The lowest BCUT2D eigenvalue weighted by atomic mass is 9.79. The largest absolute Gasteiger partial charge is 0.487 e. The van der Waals surface area contributed by atoms with E-state index < -0.39 is 0 Å². The van der Waals surface area contributed by atoms with Gasteiger partial charge in [-0.15, -0.1) is 0 Å². The number of ether oxygens (including phenoxy) is 6. The molecular formula is C58H74N3O8+3. The number of quaternary nitrogens is 1. The third-order valence-corrected chi connectivity index (χ3v) is 11.9. The van der Waals surface area contributed by atoms with E-state index in [1.807, 2.05) is 30.3 Å². The number of nitrogens with zero attached hydrogens (tertiary/aromatic N) is 2. The van der Waals surface area contributed by atoms with Gasteiger partial charge in [-0.25, -0.2) is 8.85 Å². The van der Waals surface area contributed by atoms with Crippen molar-refractivity contribution in [1.82, 2.24) is 9.80 Å². The number of para-hydroxylation sites is 2. The molecule has 4 aromatic rings. The van der Waals surface area contributed by atoms with Crippen molar-refractivity contribution < 1.29 is 33.7 Å². The van der Waals surface area contributed by atoms with Crippen LogP contribution in [0, 0.1) is 0 Å². The summed E-state index contributed by atoms with van der Waals surface area (Å²) in [6.07, 6.45) is 17.6. The van der Waals surface area contributed by atoms with E-state index in [0.717, 1.165) is 31.7 Å². The van der Waals surface area contributed by atoms with Crippen molar-refractivity contribution in [2.45, 2.75) is 78.6 Å². The molecule has 0 amide bonds. The highest BCUT2D eigenvalue weighted by atomic mass is 16.6. The van der Waals surface area contributed by atoms with E-state index in [9.17, 15) is 0 Å². The standard InChI is InChI=1S/C58H73N3O8/c1-57(2,3)51-37-48(38-52(40-51)58(4,5)6)44-61-23-19-50(20-24-61)49-17-21-60(22-18-49)43-46-13-11-45(12-14-46)41-59-42-47-15-16-55-56(39-47)69-36-32-65-28-27-63-30-34-67-54-10-8-7-9-53(54)66-33-29-62-25-26-64-31-35-68-55/h7-24,37-40,59H,25-36,41-44H2,1-6H3/q+2/p+1. The van der Waals surface area contributed by atoms with Crippen LogP contribution in [-0.2, 0) is 56.0 Å². The number of benzene rings is 4. The molecule has 0 saturated carbocycles. The van der Waals surface area contributed by atoms with E-state index in [0.29, 0.717) is 102 Å². The summed E-state index contributed by atoms with van der Waals surface area (Å²) >= 11 is 0. The first-order valence-corrected chi connectivity index (χ1v) is 24.5. The second-order valence-electron chi connectivity index (χ2n) is 19.5. The van der Waals surface area contributed by atoms with E-state index in [4.69, 9.17) is 37.3 Å². The second kappa shape index (κ2) is 25.7. The van der Waals surface area contributed by atoms with Crippen molar-refractivity contribution >= 4 is 0 Å². The maximum atomic E-state index is 6.20. The average Bonchev–Trinajstić information content (AvgIpc) is 3.33. The molecule has 3 aliphatic rings. The van der Waals surface area contributed by atoms with Crippen LogP contribution in [0.5, 0.6) is 11.5 Å². The highest BCUT2D eigenvalue weighted by Crippen LogP contribution is 2.32. The van der Waals surface area contributed by atoms with Gasteiger partial charge in [0.05, 0.1) is 51.8 Å². The molecule has 3 heterocycles. The van der Waals surface area contributed by atoms with Crippen molar-refractivity contribution in [1.29, 1.82) is 0 Å². The molecule has 2 N–H and O–H groups in total. The van der Waals surface area contributed by atoms with Gasteiger partial charge in [0.2, 0.25) is 0 Å². The Labute approximate surface area is 409 Å². The predicted octanol–water partition coefficient (Wildman–Crippen LogP) is 8.00. The smallest absolute Gasteiger partial charge is 0.446 e. The molecule has 11 nitrogen and oxygen atoms in total. The third-order valence-electron chi connectivity index (χ3n) is 11.9. The Morgan fingerprint density at radius 3 is 1.41 bits per heavy atom. The monoisotopic (exact) mass is 941 g/mol. The lowest BCUT2D eigenvalue weighted by Gasteiger charge is -2.27. The molecule has 7 rings (SSSR count). The number of hydrogen-bond donors (Lipinski definition) is 1. The molecule has 4 aromatic carbocycles. The fraction of sp³-hybridized carbons (Fsp3) is 0.414. The minimum absolute atomic E-state index is 0.0986. The molecule has 11 heteroatoms. The zero-order valence-corrected chi connectivity index (χ0v) is 41.8. The van der Waals surface area contributed by atoms with Crippen LogP contribution in [0.4, 0.5) is 0 Å². The van der Waals surface area contributed by atoms with Crippen molar-refractivity contribution in [2.75, 3.05) is 79.3 Å². The summed E-state index contributed by atoms with van der Waals surface area (Å²) in [5.41, 5.74) is 11.8. The average molecular weight is 941 g/mol. The van der Waals surface area contributed by atoms with E-state index in [1.165, 1.54) is 39.0 Å². The summed E-state index contributed by atoms with van der Waals surface area (Å²) in [6, 6.07) is 29.8. The minimum Gasteiger partial charge on any atom is -0.487 e. The Morgan fingerprint density at radius 1 is 0.449 bits per heavy atom. The first-order chi connectivity index (χ1) is 33.5. The number of rotatable bonds is 8. The summed E-state index contributed by atoms with van der Waals surface area (Å²) in [6.45, 7) is 22.2. The summed E-state index contributed by atoms with van der Waals surface area (Å²) in [5.74, 6) is 1.35. The number of allylic oxidation sites excluding steroid dienone is 6. The van der Waals surface area contributed by atoms with Crippen molar-refractivity contribution in [3.05, 3.63) is 198 Å². The lowest BCUT2D eigenvalue weighted by molar-refractivity contribution is -0.686. The van der Waals surface area contributed by atoms with Crippen LogP contribution in [0.15, 0.2) is 154 Å². The normalized spacial score (nSPS) is 17.2. The lowest BCUT2D eigenvalue weighted by Crippen LogP contribution is -2.80. The molecule has 0 aromatic heterocycles. The zero-order valence-electron chi connectivity index (χ0n) is 41.8. The molecule has 0 unspecified atom stereocenters. The summed E-state index contributed by atoms with van der Waals surface area (Å²) < 4.78 is 47.0. The second-order valence-corrected chi connectivity index (χ2v) is 19.5. The number of hydrogen-bond acceptors (Lipinski definition) is 8. The van der Waals surface area contributed by atoms with E-state index >= 15 is 0 Å². The number of nitrogens with two attached hydrogens (primary N) is 1. The Bertz CT molecular complexity index is 2480. The Balaban J connectivity index is 0.863. The summed E-state index contributed by atoms with van der Waals surface area (Å²) in [7, 11) is 0. The Morgan fingerprint density at radius 2 is 0.884 bits per heavy atom. The SMILES string of the molecule is CC(C)(C)c1cc(CN2C=CC(=C3C=CN(Cc4ccc(C[NH2+]Cc5ccc6c(c5)=[O+]CCOCCOCCOc5ccccc5OCCOCCOCC[O+]=6)cc4)C=C3)C=C2)cc(C(C)(C)C)c1. The molecule has 0 bridgehead atoms. The molecule has 0 aliphatic carbocycles. The Hall–Kier alpha value is -5.82. The fourth-order valence-corrected chi connectivity index (χ4v) is 7.85.